The predicted octanol–water partition coefficient (Wildman–Crippen LogP) is 11.0. The molecule has 57 heavy (non-hydrogen) atoms. The molecule has 1 heterocycles. The zero-order chi connectivity index (χ0) is 41.6. The molecular weight excluding hydrogens is 728 g/mol. The third-order valence-electron chi connectivity index (χ3n) is 12.2. The maximum atomic E-state index is 8.62. The summed E-state index contributed by atoms with van der Waals surface area (Å²) in [5, 5.41) is 14.5. The average molecular weight is 809 g/mol. The molecular formula is C48H80ClN6O2+. The van der Waals surface area contributed by atoms with Gasteiger partial charge in [-0.3, -0.25) is 9.89 Å². The Morgan fingerprint density at radius 2 is 1.51 bits per heavy atom. The van der Waals surface area contributed by atoms with E-state index in [1.807, 2.05) is 7.05 Å². The molecule has 2 unspecified atom stereocenters. The Hall–Kier alpha value is -2.49. The van der Waals surface area contributed by atoms with Crippen molar-refractivity contribution in [2.75, 3.05) is 53.4 Å². The summed E-state index contributed by atoms with van der Waals surface area (Å²) in [6, 6.07) is 9.33. The first kappa shape index (κ1) is 47.2. The fourth-order valence-electron chi connectivity index (χ4n) is 8.60. The van der Waals surface area contributed by atoms with Crippen LogP contribution in [0.5, 0.6) is 11.5 Å². The molecule has 1 saturated heterocycles. The van der Waals surface area contributed by atoms with E-state index < -0.39 is 5.75 Å². The monoisotopic (exact) mass is 808 g/mol. The van der Waals surface area contributed by atoms with Crippen LogP contribution < -0.4 is 14.8 Å². The Bertz CT molecular complexity index is 1570. The third kappa shape index (κ3) is 13.8. The maximum Gasteiger partial charge on any atom is 0.322 e. The van der Waals surface area contributed by atoms with Crippen molar-refractivity contribution in [3.8, 4) is 11.5 Å². The number of halogens is 1. The molecule has 0 radical (unpaired) electrons. The normalized spacial score (nSPS) is 19.4. The number of aliphatic imine (C=N–C) groups is 1. The SMILES string of the molecule is CCCCN(CCCCNC)Cc1cc(C(C)(C)C)cc(/C=N/C2CCCCC2)c1OC(Cl)Oc1c(C=N)cc(C(C)(C)C)cc1C[N+]1(CCC)CCCCN1C. The summed E-state index contributed by atoms with van der Waals surface area (Å²) in [4.78, 5) is 7.78. The van der Waals surface area contributed by atoms with Crippen molar-refractivity contribution in [1.82, 2.24) is 15.2 Å². The van der Waals surface area contributed by atoms with Gasteiger partial charge in [-0.05, 0) is 130 Å². The van der Waals surface area contributed by atoms with E-state index in [0.29, 0.717) is 11.8 Å². The lowest BCUT2D eigenvalue weighted by Gasteiger charge is -2.47. The van der Waals surface area contributed by atoms with Crippen molar-refractivity contribution in [2.24, 2.45) is 4.99 Å². The molecule has 2 aromatic carbocycles. The fraction of sp³-hybridized carbons (Fsp3) is 0.708. The topological polar surface area (TPSA) is 73.2 Å². The van der Waals surface area contributed by atoms with Crippen molar-refractivity contribution in [3.63, 3.8) is 0 Å². The minimum absolute atomic E-state index is 0.0693. The molecule has 2 aromatic rings. The van der Waals surface area contributed by atoms with Gasteiger partial charge in [-0.25, -0.2) is 4.59 Å². The lowest BCUT2D eigenvalue weighted by molar-refractivity contribution is -1.05. The van der Waals surface area contributed by atoms with Gasteiger partial charge in [0, 0.05) is 55.3 Å². The molecule has 4 rings (SSSR count). The highest BCUT2D eigenvalue weighted by atomic mass is 35.5. The maximum absolute atomic E-state index is 8.62. The summed E-state index contributed by atoms with van der Waals surface area (Å²) < 4.78 is 14.6. The highest BCUT2D eigenvalue weighted by molar-refractivity contribution is 6.19. The van der Waals surface area contributed by atoms with Gasteiger partial charge in [0.2, 0.25) is 0 Å². The van der Waals surface area contributed by atoms with Crippen molar-refractivity contribution < 1.29 is 14.1 Å². The predicted molar refractivity (Wildman–Crippen MR) is 243 cm³/mol. The van der Waals surface area contributed by atoms with Gasteiger partial charge < -0.3 is 20.2 Å². The molecule has 0 bridgehead atoms. The van der Waals surface area contributed by atoms with E-state index in [0.717, 1.165) is 130 Å². The Kier molecular flexibility index (Phi) is 18.4. The van der Waals surface area contributed by atoms with Crippen LogP contribution in [0.2, 0.25) is 0 Å². The first-order valence-corrected chi connectivity index (χ1v) is 22.9. The van der Waals surface area contributed by atoms with Crippen LogP contribution in [0.15, 0.2) is 29.3 Å². The van der Waals surface area contributed by atoms with Crippen LogP contribution >= 0.6 is 11.6 Å². The summed E-state index contributed by atoms with van der Waals surface area (Å²) in [7, 11) is 4.29. The van der Waals surface area contributed by atoms with E-state index >= 15 is 0 Å². The quantitative estimate of drug-likeness (QED) is 0.0432. The van der Waals surface area contributed by atoms with E-state index in [9.17, 15) is 0 Å². The summed E-state index contributed by atoms with van der Waals surface area (Å²) in [6.45, 7) is 25.9. The molecule has 2 atom stereocenters. The molecule has 0 spiro atoms. The van der Waals surface area contributed by atoms with Gasteiger partial charge in [-0.1, -0.05) is 87.1 Å². The molecule has 1 saturated carbocycles. The summed E-state index contributed by atoms with van der Waals surface area (Å²) >= 11 is 7.31. The van der Waals surface area contributed by atoms with Gasteiger partial charge in [0.05, 0.1) is 18.7 Å². The molecule has 1 aliphatic heterocycles. The second kappa shape index (κ2) is 22.2. The smallest absolute Gasteiger partial charge is 0.322 e. The van der Waals surface area contributed by atoms with Crippen LogP contribution in [-0.4, -0.2) is 92.1 Å². The number of nitrogens with one attached hydrogen (secondary N) is 2. The van der Waals surface area contributed by atoms with E-state index in [-0.39, 0.29) is 10.8 Å². The Balaban J connectivity index is 1.82. The largest absolute Gasteiger partial charge is 0.441 e. The van der Waals surface area contributed by atoms with E-state index in [1.165, 1.54) is 49.4 Å². The highest BCUT2D eigenvalue weighted by Crippen LogP contribution is 2.38. The van der Waals surface area contributed by atoms with Crippen molar-refractivity contribution >= 4 is 24.0 Å². The lowest BCUT2D eigenvalue weighted by Crippen LogP contribution is -2.61. The number of rotatable bonds is 21. The number of hydrogen-bond donors (Lipinski definition) is 2. The zero-order valence-electron chi connectivity index (χ0n) is 37.7. The summed E-state index contributed by atoms with van der Waals surface area (Å²) in [6.07, 6.45) is 17.6. The standard InChI is InChI=1S/C48H80ClN6O2/c1-11-13-25-54(26-18-17-23-51-9)35-39-31-42(48(6,7)8)30-38(34-52-43-21-15-14-16-22-43)45(39)57-46(49)56-44-37(33-50)29-41(47(3,4)5)32-40(44)36-55(27-12-2)28-20-19-24-53(55)10/h29-34,43,46,50-51H,11-28,35-36H2,1-10H3/q+1/b50-33?,52-34+. The highest BCUT2D eigenvalue weighted by Gasteiger charge is 2.37. The third-order valence-corrected chi connectivity index (χ3v) is 12.4. The summed E-state index contributed by atoms with van der Waals surface area (Å²) in [5.74, 6) is 0.265. The minimum atomic E-state index is -1.12. The van der Waals surface area contributed by atoms with Crippen LogP contribution in [0.25, 0.3) is 0 Å². The molecule has 0 amide bonds. The Morgan fingerprint density at radius 3 is 2.11 bits per heavy atom. The van der Waals surface area contributed by atoms with Crippen LogP contribution in [0, 0.1) is 5.41 Å². The summed E-state index contributed by atoms with van der Waals surface area (Å²) in [5.41, 5.74) is 6.16. The van der Waals surface area contributed by atoms with Crippen molar-refractivity contribution in [1.29, 1.82) is 5.41 Å². The second-order valence-corrected chi connectivity index (χ2v) is 19.4. The molecule has 2 N–H and O–H groups in total. The molecule has 8 nitrogen and oxygen atoms in total. The molecule has 2 fully saturated rings. The number of unbranched alkanes of at least 4 members (excludes halogenated alkanes) is 2. The van der Waals surface area contributed by atoms with E-state index in [4.69, 9.17) is 31.5 Å². The van der Waals surface area contributed by atoms with Crippen LogP contribution in [-0.2, 0) is 23.9 Å². The average Bonchev–Trinajstić information content (AvgIpc) is 3.16. The molecule has 9 heteroatoms. The first-order valence-electron chi connectivity index (χ1n) is 22.4. The first-order chi connectivity index (χ1) is 27.1. The lowest BCUT2D eigenvalue weighted by atomic mass is 9.84. The number of quaternary nitrogens is 1. The number of alkyl halides is 1. The van der Waals surface area contributed by atoms with Crippen molar-refractivity contribution in [3.05, 3.63) is 57.6 Å². The molecule has 1 aliphatic carbocycles. The zero-order valence-corrected chi connectivity index (χ0v) is 38.5. The fourth-order valence-corrected chi connectivity index (χ4v) is 8.78. The van der Waals surface area contributed by atoms with E-state index in [1.54, 1.807) is 0 Å². The van der Waals surface area contributed by atoms with Gasteiger partial charge in [-0.15, -0.1) is 0 Å². The van der Waals surface area contributed by atoms with Gasteiger partial charge in [-0.2, -0.15) is 5.01 Å². The second-order valence-electron chi connectivity index (χ2n) is 19.1. The number of benzene rings is 2. The van der Waals surface area contributed by atoms with Crippen LogP contribution in [0.3, 0.4) is 0 Å². The van der Waals surface area contributed by atoms with Gasteiger partial charge >= 0.3 is 5.75 Å². The minimum Gasteiger partial charge on any atom is -0.441 e. The Labute approximate surface area is 353 Å². The van der Waals surface area contributed by atoms with Crippen LogP contribution in [0.1, 0.15) is 166 Å². The molecule has 320 valence electrons. The molecule has 2 aliphatic rings. The van der Waals surface area contributed by atoms with E-state index in [2.05, 4.69) is 108 Å². The van der Waals surface area contributed by atoms with Gasteiger partial charge in [0.15, 0.2) is 0 Å². The van der Waals surface area contributed by atoms with Crippen molar-refractivity contribution in [2.45, 2.75) is 168 Å². The van der Waals surface area contributed by atoms with Gasteiger partial charge in [0.25, 0.3) is 0 Å². The Morgan fingerprint density at radius 1 is 0.877 bits per heavy atom. The molecule has 0 aromatic heterocycles. The van der Waals surface area contributed by atoms with Gasteiger partial charge in [0.1, 0.15) is 18.0 Å². The number of hydrogen-bond acceptors (Lipinski definition) is 7. The number of nitrogens with zero attached hydrogens (tertiary/aromatic N) is 4. The van der Waals surface area contributed by atoms with Crippen LogP contribution in [0.4, 0.5) is 0 Å². The number of ether oxygens (including phenoxy) is 2.